The standard InChI is InChI=1S/C51H36N2/c1-51(2)46-23-12-11-20-43(46)45-22-13-21-40(49(45)51)37-26-24-36-31-38(27-25-35(36)30-37)47-32-48(53-50(52-47)34-16-7-4-8-17-34)44-29-28-39(33-14-5-3-6-15-33)41-18-9-10-19-42(41)44/h3-32H,1-2H3. The monoisotopic (exact) mass is 676 g/mol. The van der Waals surface area contributed by atoms with Gasteiger partial charge in [-0.1, -0.05) is 178 Å². The van der Waals surface area contributed by atoms with Crippen LogP contribution in [-0.4, -0.2) is 9.97 Å². The summed E-state index contributed by atoms with van der Waals surface area (Å²) in [4.78, 5) is 10.4. The minimum Gasteiger partial charge on any atom is -0.228 e. The average Bonchev–Trinajstić information content (AvgIpc) is 3.46. The molecule has 10 rings (SSSR count). The zero-order valence-corrected chi connectivity index (χ0v) is 29.7. The van der Waals surface area contributed by atoms with Crippen molar-refractivity contribution < 1.29 is 0 Å². The quantitative estimate of drug-likeness (QED) is 0.181. The molecule has 0 saturated carbocycles. The van der Waals surface area contributed by atoms with Crippen molar-refractivity contribution in [1.82, 2.24) is 9.97 Å². The van der Waals surface area contributed by atoms with Crippen molar-refractivity contribution in [3.05, 3.63) is 193 Å². The summed E-state index contributed by atoms with van der Waals surface area (Å²) in [6, 6.07) is 65.4. The third kappa shape index (κ3) is 5.18. The highest BCUT2D eigenvalue weighted by atomic mass is 14.9. The van der Waals surface area contributed by atoms with Crippen LogP contribution in [0.15, 0.2) is 182 Å². The molecule has 250 valence electrons. The largest absolute Gasteiger partial charge is 0.228 e. The van der Waals surface area contributed by atoms with E-state index < -0.39 is 0 Å². The van der Waals surface area contributed by atoms with Crippen LogP contribution >= 0.6 is 0 Å². The SMILES string of the molecule is CC1(C)c2ccccc2-c2cccc(-c3ccc4cc(-c5cc(-c6ccc(-c7ccccc7)c7ccccc67)nc(-c6ccccc6)n5)ccc4c3)c21. The summed E-state index contributed by atoms with van der Waals surface area (Å²) < 4.78 is 0. The summed E-state index contributed by atoms with van der Waals surface area (Å²) in [6.07, 6.45) is 0. The van der Waals surface area contributed by atoms with E-state index in [1.165, 1.54) is 66.1 Å². The van der Waals surface area contributed by atoms with Gasteiger partial charge in [0.25, 0.3) is 0 Å². The minimum atomic E-state index is -0.0737. The number of hydrogen-bond acceptors (Lipinski definition) is 2. The smallest absolute Gasteiger partial charge is 0.160 e. The molecular weight excluding hydrogens is 641 g/mol. The van der Waals surface area contributed by atoms with Gasteiger partial charge < -0.3 is 0 Å². The number of hydrogen-bond donors (Lipinski definition) is 0. The van der Waals surface area contributed by atoms with Gasteiger partial charge in [-0.15, -0.1) is 0 Å². The first-order valence-electron chi connectivity index (χ1n) is 18.3. The Kier molecular flexibility index (Phi) is 7.19. The van der Waals surface area contributed by atoms with Crippen molar-refractivity contribution in [1.29, 1.82) is 0 Å². The summed E-state index contributed by atoms with van der Waals surface area (Å²) >= 11 is 0. The Bertz CT molecular complexity index is 2850. The number of nitrogens with zero attached hydrogens (tertiary/aromatic N) is 2. The second-order valence-electron chi connectivity index (χ2n) is 14.6. The summed E-state index contributed by atoms with van der Waals surface area (Å²) in [5.41, 5.74) is 15.3. The molecule has 1 aliphatic rings. The molecule has 1 aliphatic carbocycles. The second kappa shape index (κ2) is 12.3. The molecule has 0 atom stereocenters. The summed E-state index contributed by atoms with van der Waals surface area (Å²) in [5.74, 6) is 0.714. The second-order valence-corrected chi connectivity index (χ2v) is 14.6. The van der Waals surface area contributed by atoms with Gasteiger partial charge in [0, 0.05) is 22.1 Å². The third-order valence-corrected chi connectivity index (χ3v) is 11.1. The van der Waals surface area contributed by atoms with Crippen molar-refractivity contribution in [2.75, 3.05) is 0 Å². The van der Waals surface area contributed by atoms with Gasteiger partial charge in [0.1, 0.15) is 0 Å². The highest BCUT2D eigenvalue weighted by Gasteiger charge is 2.37. The Morgan fingerprint density at radius 3 is 1.70 bits per heavy atom. The Morgan fingerprint density at radius 2 is 0.925 bits per heavy atom. The van der Waals surface area contributed by atoms with Crippen molar-refractivity contribution in [2.24, 2.45) is 0 Å². The minimum absolute atomic E-state index is 0.0737. The molecule has 0 aliphatic heterocycles. The van der Waals surface area contributed by atoms with Gasteiger partial charge in [0.15, 0.2) is 5.82 Å². The normalized spacial score (nSPS) is 12.9. The molecule has 1 aromatic heterocycles. The highest BCUT2D eigenvalue weighted by Crippen LogP contribution is 2.52. The first-order valence-corrected chi connectivity index (χ1v) is 18.3. The molecule has 0 bridgehead atoms. The van der Waals surface area contributed by atoms with Crippen molar-refractivity contribution in [3.8, 4) is 67.3 Å². The molecular formula is C51H36N2. The lowest BCUT2D eigenvalue weighted by molar-refractivity contribution is 0.662. The molecule has 2 nitrogen and oxygen atoms in total. The van der Waals surface area contributed by atoms with Gasteiger partial charge in [-0.25, -0.2) is 9.97 Å². The van der Waals surface area contributed by atoms with Gasteiger partial charge in [-0.3, -0.25) is 0 Å². The molecule has 2 heteroatoms. The third-order valence-electron chi connectivity index (χ3n) is 11.1. The van der Waals surface area contributed by atoms with E-state index in [0.29, 0.717) is 5.82 Å². The Hall–Kier alpha value is -6.64. The van der Waals surface area contributed by atoms with Gasteiger partial charge >= 0.3 is 0 Å². The van der Waals surface area contributed by atoms with Gasteiger partial charge in [-0.2, -0.15) is 0 Å². The number of aromatic nitrogens is 2. The topological polar surface area (TPSA) is 25.8 Å². The van der Waals surface area contributed by atoms with E-state index in [1.807, 2.05) is 18.2 Å². The Labute approximate surface area is 310 Å². The van der Waals surface area contributed by atoms with Crippen LogP contribution in [0.5, 0.6) is 0 Å². The lowest BCUT2D eigenvalue weighted by atomic mass is 9.78. The molecule has 0 radical (unpaired) electrons. The fourth-order valence-corrected chi connectivity index (χ4v) is 8.50. The molecule has 9 aromatic rings. The van der Waals surface area contributed by atoms with Gasteiger partial charge in [0.05, 0.1) is 11.4 Å². The van der Waals surface area contributed by atoms with E-state index in [9.17, 15) is 0 Å². The van der Waals surface area contributed by atoms with E-state index >= 15 is 0 Å². The van der Waals surface area contributed by atoms with E-state index in [0.717, 1.165) is 28.1 Å². The first kappa shape index (κ1) is 31.1. The number of fused-ring (bicyclic) bond motifs is 5. The van der Waals surface area contributed by atoms with E-state index in [4.69, 9.17) is 9.97 Å². The number of rotatable bonds is 5. The zero-order valence-electron chi connectivity index (χ0n) is 29.7. The van der Waals surface area contributed by atoms with Crippen LogP contribution in [0.25, 0.3) is 88.8 Å². The molecule has 0 unspecified atom stereocenters. The molecule has 0 fully saturated rings. The molecule has 8 aromatic carbocycles. The van der Waals surface area contributed by atoms with Crippen molar-refractivity contribution in [2.45, 2.75) is 19.3 Å². The summed E-state index contributed by atoms with van der Waals surface area (Å²) in [7, 11) is 0. The first-order chi connectivity index (χ1) is 26.0. The van der Waals surface area contributed by atoms with Crippen LogP contribution < -0.4 is 0 Å². The molecule has 0 spiro atoms. The molecule has 1 heterocycles. The molecule has 53 heavy (non-hydrogen) atoms. The van der Waals surface area contributed by atoms with Crippen molar-refractivity contribution >= 4 is 21.5 Å². The van der Waals surface area contributed by atoms with Crippen LogP contribution in [0.2, 0.25) is 0 Å². The van der Waals surface area contributed by atoms with E-state index in [2.05, 4.69) is 178 Å². The predicted molar refractivity (Wildman–Crippen MR) is 222 cm³/mol. The lowest BCUT2D eigenvalue weighted by Crippen LogP contribution is -2.16. The fraction of sp³-hybridized carbons (Fsp3) is 0.0588. The van der Waals surface area contributed by atoms with Crippen LogP contribution in [0.3, 0.4) is 0 Å². The lowest BCUT2D eigenvalue weighted by Gasteiger charge is -2.24. The maximum absolute atomic E-state index is 5.20. The van der Waals surface area contributed by atoms with Gasteiger partial charge in [-0.05, 0) is 84.3 Å². The Morgan fingerprint density at radius 1 is 0.358 bits per heavy atom. The molecule has 0 N–H and O–H groups in total. The van der Waals surface area contributed by atoms with E-state index in [1.54, 1.807) is 0 Å². The van der Waals surface area contributed by atoms with Crippen LogP contribution in [0, 0.1) is 0 Å². The fourth-order valence-electron chi connectivity index (χ4n) is 8.50. The van der Waals surface area contributed by atoms with Crippen LogP contribution in [-0.2, 0) is 5.41 Å². The Balaban J connectivity index is 1.09. The van der Waals surface area contributed by atoms with Gasteiger partial charge in [0.2, 0.25) is 0 Å². The van der Waals surface area contributed by atoms with E-state index in [-0.39, 0.29) is 5.41 Å². The maximum Gasteiger partial charge on any atom is 0.160 e. The van der Waals surface area contributed by atoms with Crippen LogP contribution in [0.1, 0.15) is 25.0 Å². The zero-order chi connectivity index (χ0) is 35.5. The van der Waals surface area contributed by atoms with Crippen LogP contribution in [0.4, 0.5) is 0 Å². The molecule has 0 amide bonds. The summed E-state index contributed by atoms with van der Waals surface area (Å²) in [6.45, 7) is 4.71. The highest BCUT2D eigenvalue weighted by molar-refractivity contribution is 6.05. The predicted octanol–water partition coefficient (Wildman–Crippen LogP) is 13.4. The summed E-state index contributed by atoms with van der Waals surface area (Å²) in [5, 5.41) is 4.76. The number of benzene rings is 8. The molecule has 0 saturated heterocycles. The van der Waals surface area contributed by atoms with Crippen molar-refractivity contribution in [3.63, 3.8) is 0 Å². The average molecular weight is 677 g/mol. The maximum atomic E-state index is 5.20.